The summed E-state index contributed by atoms with van der Waals surface area (Å²) < 4.78 is 5.14. The van der Waals surface area contributed by atoms with Gasteiger partial charge in [-0.15, -0.1) is 0 Å². The Labute approximate surface area is 125 Å². The number of methoxy groups -OCH3 is 1. The van der Waals surface area contributed by atoms with E-state index in [-0.39, 0.29) is 5.78 Å². The second kappa shape index (κ2) is 6.44. The lowest BCUT2D eigenvalue weighted by atomic mass is 9.98. The molecule has 0 amide bonds. The van der Waals surface area contributed by atoms with Gasteiger partial charge in [0.15, 0.2) is 5.78 Å². The minimum Gasteiger partial charge on any atom is -0.497 e. The van der Waals surface area contributed by atoms with E-state index in [0.29, 0.717) is 29.3 Å². The fourth-order valence-corrected chi connectivity index (χ4v) is 2.20. The maximum Gasteiger partial charge on any atom is 0.169 e. The maximum atomic E-state index is 12.4. The SMILES string of the molecule is COc1ccc(N)c(C(=O)Cc2ccc(C(C)C)cc2)c1. The Kier molecular flexibility index (Phi) is 4.63. The van der Waals surface area contributed by atoms with Crippen molar-refractivity contribution in [1.82, 2.24) is 0 Å². The van der Waals surface area contributed by atoms with Crippen LogP contribution in [0.5, 0.6) is 5.75 Å². The number of ether oxygens (including phenoxy) is 1. The second-order valence-electron chi connectivity index (χ2n) is 5.45. The third-order valence-corrected chi connectivity index (χ3v) is 3.57. The minimum atomic E-state index is 0.00342. The van der Waals surface area contributed by atoms with E-state index in [4.69, 9.17) is 10.5 Å². The molecule has 0 aliphatic rings. The lowest BCUT2D eigenvalue weighted by Crippen LogP contribution is -2.07. The number of ketones is 1. The number of Topliss-reactive ketones (excluding diaryl/α,β-unsaturated/α-hetero) is 1. The number of anilines is 1. The average molecular weight is 283 g/mol. The summed E-state index contributed by atoms with van der Waals surface area (Å²) in [6, 6.07) is 13.3. The van der Waals surface area contributed by atoms with E-state index in [1.807, 2.05) is 12.1 Å². The first-order valence-electron chi connectivity index (χ1n) is 7.07. The number of benzene rings is 2. The lowest BCUT2D eigenvalue weighted by Gasteiger charge is -2.09. The normalized spacial score (nSPS) is 10.7. The van der Waals surface area contributed by atoms with Crippen molar-refractivity contribution in [3.63, 3.8) is 0 Å². The predicted octanol–water partition coefficient (Wildman–Crippen LogP) is 3.83. The molecule has 0 bridgehead atoms. The van der Waals surface area contributed by atoms with Crippen LogP contribution in [0.2, 0.25) is 0 Å². The number of nitrogens with two attached hydrogens (primary N) is 1. The van der Waals surface area contributed by atoms with E-state index >= 15 is 0 Å². The van der Waals surface area contributed by atoms with E-state index in [0.717, 1.165) is 5.56 Å². The molecule has 0 heterocycles. The molecular formula is C18H21NO2. The molecule has 0 unspecified atom stereocenters. The Bertz CT molecular complexity index is 630. The molecule has 0 aliphatic heterocycles. The largest absolute Gasteiger partial charge is 0.497 e. The van der Waals surface area contributed by atoms with Gasteiger partial charge in [-0.3, -0.25) is 4.79 Å². The van der Waals surface area contributed by atoms with E-state index in [2.05, 4.69) is 26.0 Å². The van der Waals surface area contributed by atoms with Crippen LogP contribution in [0.1, 0.15) is 41.3 Å². The van der Waals surface area contributed by atoms with E-state index < -0.39 is 0 Å². The molecular weight excluding hydrogens is 262 g/mol. The molecule has 2 aromatic rings. The van der Waals surface area contributed by atoms with Gasteiger partial charge in [0.05, 0.1) is 7.11 Å². The van der Waals surface area contributed by atoms with Gasteiger partial charge in [0.25, 0.3) is 0 Å². The molecule has 3 nitrogen and oxygen atoms in total. The van der Waals surface area contributed by atoms with Gasteiger partial charge in [-0.2, -0.15) is 0 Å². The fourth-order valence-electron chi connectivity index (χ4n) is 2.20. The van der Waals surface area contributed by atoms with Gasteiger partial charge in [-0.05, 0) is 35.2 Å². The molecule has 0 aromatic heterocycles. The monoisotopic (exact) mass is 283 g/mol. The lowest BCUT2D eigenvalue weighted by molar-refractivity contribution is 0.0993. The first kappa shape index (κ1) is 15.1. The molecule has 0 atom stereocenters. The van der Waals surface area contributed by atoms with E-state index in [1.165, 1.54) is 5.56 Å². The standard InChI is InChI=1S/C18H21NO2/c1-12(2)14-6-4-13(5-7-14)10-18(20)16-11-15(21-3)8-9-17(16)19/h4-9,11-12H,10,19H2,1-3H3. The molecule has 2 aromatic carbocycles. The number of hydrogen-bond donors (Lipinski definition) is 1. The van der Waals surface area contributed by atoms with Crippen molar-refractivity contribution in [3.05, 3.63) is 59.2 Å². The summed E-state index contributed by atoms with van der Waals surface area (Å²) in [5.74, 6) is 1.13. The highest BCUT2D eigenvalue weighted by molar-refractivity contribution is 6.02. The molecule has 2 rings (SSSR count). The number of rotatable bonds is 5. The van der Waals surface area contributed by atoms with Crippen LogP contribution >= 0.6 is 0 Å². The number of carbonyl (C=O) groups is 1. The Morgan fingerprint density at radius 3 is 2.38 bits per heavy atom. The van der Waals surface area contributed by atoms with Crippen LogP contribution < -0.4 is 10.5 Å². The molecule has 0 fully saturated rings. The number of nitrogen functional groups attached to an aromatic ring is 1. The van der Waals surface area contributed by atoms with Gasteiger partial charge < -0.3 is 10.5 Å². The number of carbonyl (C=O) groups excluding carboxylic acids is 1. The van der Waals surface area contributed by atoms with Crippen molar-refractivity contribution >= 4 is 11.5 Å². The first-order chi connectivity index (χ1) is 10.0. The summed E-state index contributed by atoms with van der Waals surface area (Å²) >= 11 is 0. The Morgan fingerprint density at radius 1 is 1.14 bits per heavy atom. The van der Waals surface area contributed by atoms with Crippen molar-refractivity contribution < 1.29 is 9.53 Å². The molecule has 21 heavy (non-hydrogen) atoms. The van der Waals surface area contributed by atoms with Crippen molar-refractivity contribution in [2.24, 2.45) is 0 Å². The average Bonchev–Trinajstić information content (AvgIpc) is 2.48. The third-order valence-electron chi connectivity index (χ3n) is 3.57. The molecule has 0 spiro atoms. The van der Waals surface area contributed by atoms with E-state index in [9.17, 15) is 4.79 Å². The second-order valence-corrected chi connectivity index (χ2v) is 5.45. The first-order valence-corrected chi connectivity index (χ1v) is 7.07. The third kappa shape index (κ3) is 3.63. The summed E-state index contributed by atoms with van der Waals surface area (Å²) in [6.07, 6.45) is 0.343. The Balaban J connectivity index is 2.17. The van der Waals surface area contributed by atoms with Gasteiger partial charge >= 0.3 is 0 Å². The summed E-state index contributed by atoms with van der Waals surface area (Å²) in [6.45, 7) is 4.30. The summed E-state index contributed by atoms with van der Waals surface area (Å²) in [5.41, 5.74) is 9.15. The quantitative estimate of drug-likeness (QED) is 0.670. The van der Waals surface area contributed by atoms with Gasteiger partial charge in [0.2, 0.25) is 0 Å². The highest BCUT2D eigenvalue weighted by Gasteiger charge is 2.12. The van der Waals surface area contributed by atoms with Crippen molar-refractivity contribution in [2.75, 3.05) is 12.8 Å². The van der Waals surface area contributed by atoms with Gasteiger partial charge in [0, 0.05) is 17.7 Å². The molecule has 0 saturated carbocycles. The zero-order chi connectivity index (χ0) is 15.4. The summed E-state index contributed by atoms with van der Waals surface area (Å²) in [5, 5.41) is 0. The zero-order valence-corrected chi connectivity index (χ0v) is 12.7. The fraction of sp³-hybridized carbons (Fsp3) is 0.278. The molecule has 0 aliphatic carbocycles. The van der Waals surface area contributed by atoms with Crippen molar-refractivity contribution in [1.29, 1.82) is 0 Å². The van der Waals surface area contributed by atoms with Crippen LogP contribution in [-0.2, 0) is 6.42 Å². The highest BCUT2D eigenvalue weighted by atomic mass is 16.5. The Morgan fingerprint density at radius 2 is 1.81 bits per heavy atom. The van der Waals surface area contributed by atoms with Crippen molar-refractivity contribution in [3.8, 4) is 5.75 Å². The maximum absolute atomic E-state index is 12.4. The highest BCUT2D eigenvalue weighted by Crippen LogP contribution is 2.22. The van der Waals surface area contributed by atoms with E-state index in [1.54, 1.807) is 25.3 Å². The van der Waals surface area contributed by atoms with Crippen LogP contribution in [0.15, 0.2) is 42.5 Å². The molecule has 2 N–H and O–H groups in total. The van der Waals surface area contributed by atoms with Crippen LogP contribution in [0.4, 0.5) is 5.69 Å². The van der Waals surface area contributed by atoms with Gasteiger partial charge in [-0.1, -0.05) is 38.1 Å². The van der Waals surface area contributed by atoms with Gasteiger partial charge in [-0.25, -0.2) is 0 Å². The zero-order valence-electron chi connectivity index (χ0n) is 12.7. The smallest absolute Gasteiger partial charge is 0.169 e. The van der Waals surface area contributed by atoms with Crippen LogP contribution in [0.3, 0.4) is 0 Å². The van der Waals surface area contributed by atoms with Crippen molar-refractivity contribution in [2.45, 2.75) is 26.2 Å². The Hall–Kier alpha value is -2.29. The van der Waals surface area contributed by atoms with Gasteiger partial charge in [0.1, 0.15) is 5.75 Å². The molecule has 3 heteroatoms. The minimum absolute atomic E-state index is 0.00342. The predicted molar refractivity (Wildman–Crippen MR) is 86.0 cm³/mol. The number of hydrogen-bond acceptors (Lipinski definition) is 3. The summed E-state index contributed by atoms with van der Waals surface area (Å²) in [4.78, 5) is 12.4. The summed E-state index contributed by atoms with van der Waals surface area (Å²) in [7, 11) is 1.57. The molecule has 0 saturated heterocycles. The molecule has 0 radical (unpaired) electrons. The van der Waals surface area contributed by atoms with Crippen LogP contribution in [0.25, 0.3) is 0 Å². The topological polar surface area (TPSA) is 52.3 Å². The van der Waals surface area contributed by atoms with Crippen LogP contribution in [0, 0.1) is 0 Å². The van der Waals surface area contributed by atoms with Crippen LogP contribution in [-0.4, -0.2) is 12.9 Å². The molecule has 110 valence electrons.